The Kier molecular flexibility index (Phi) is 2.48. The molecule has 2 heterocycles. The zero-order valence-electron chi connectivity index (χ0n) is 10.2. The first-order valence-corrected chi connectivity index (χ1v) is 5.86. The fourth-order valence-corrected chi connectivity index (χ4v) is 2.15. The highest BCUT2D eigenvalue weighted by Crippen LogP contribution is 2.21. The maximum Gasteiger partial charge on any atom is 0.201 e. The van der Waals surface area contributed by atoms with E-state index in [2.05, 4.69) is 9.97 Å². The van der Waals surface area contributed by atoms with E-state index >= 15 is 0 Å². The molecule has 0 bridgehead atoms. The number of para-hydroxylation sites is 1. The van der Waals surface area contributed by atoms with E-state index in [9.17, 15) is 0 Å². The fraction of sp³-hybridized carbons (Fsp3) is 0.143. The zero-order chi connectivity index (χ0) is 12.5. The van der Waals surface area contributed by atoms with Crippen LogP contribution in [0.2, 0.25) is 0 Å². The van der Waals surface area contributed by atoms with Crippen LogP contribution in [0.1, 0.15) is 11.1 Å². The fourth-order valence-electron chi connectivity index (χ4n) is 2.15. The van der Waals surface area contributed by atoms with E-state index in [-0.39, 0.29) is 0 Å². The first-order valence-electron chi connectivity index (χ1n) is 5.86. The van der Waals surface area contributed by atoms with Gasteiger partial charge >= 0.3 is 0 Å². The number of anilines is 1. The third kappa shape index (κ3) is 1.72. The third-order valence-electron chi connectivity index (χ3n) is 3.07. The number of imidazole rings is 1. The molecule has 0 aliphatic rings. The van der Waals surface area contributed by atoms with E-state index in [0.29, 0.717) is 12.5 Å². The van der Waals surface area contributed by atoms with Crippen molar-refractivity contribution in [3.8, 4) is 0 Å². The Bertz CT molecular complexity index is 686. The lowest BCUT2D eigenvalue weighted by molar-refractivity contribution is 0.833. The molecule has 3 rings (SSSR count). The lowest BCUT2D eigenvalue weighted by atomic mass is 10.2. The molecule has 0 unspecified atom stereocenters. The maximum absolute atomic E-state index is 6.00. The van der Waals surface area contributed by atoms with Gasteiger partial charge < -0.3 is 10.3 Å². The Balaban J connectivity index is 2.12. The summed E-state index contributed by atoms with van der Waals surface area (Å²) in [6.45, 7) is 2.74. The van der Waals surface area contributed by atoms with Crippen molar-refractivity contribution in [2.75, 3.05) is 5.73 Å². The first-order chi connectivity index (χ1) is 8.75. The van der Waals surface area contributed by atoms with Crippen molar-refractivity contribution in [2.45, 2.75) is 13.5 Å². The van der Waals surface area contributed by atoms with Gasteiger partial charge in [0.1, 0.15) is 0 Å². The first kappa shape index (κ1) is 10.8. The standard InChI is InChI=1S/C14H14N4/c1-10-4-2-6-12-13(10)17-14(15)18(12)9-11-5-3-7-16-8-11/h2-8H,9H2,1H3,(H2,15,17). The molecule has 0 aliphatic heterocycles. The van der Waals surface area contributed by atoms with E-state index in [4.69, 9.17) is 5.73 Å². The number of fused-ring (bicyclic) bond motifs is 1. The van der Waals surface area contributed by atoms with Crippen LogP contribution in [0.15, 0.2) is 42.7 Å². The van der Waals surface area contributed by atoms with Crippen molar-refractivity contribution >= 4 is 17.0 Å². The minimum atomic E-state index is 0.545. The molecule has 0 atom stereocenters. The van der Waals surface area contributed by atoms with Gasteiger partial charge in [-0.05, 0) is 30.2 Å². The maximum atomic E-state index is 6.00. The Morgan fingerprint density at radius 2 is 2.11 bits per heavy atom. The number of hydrogen-bond donors (Lipinski definition) is 1. The minimum Gasteiger partial charge on any atom is -0.369 e. The van der Waals surface area contributed by atoms with Crippen LogP contribution in [0.4, 0.5) is 5.95 Å². The second kappa shape index (κ2) is 4.14. The lowest BCUT2D eigenvalue weighted by Gasteiger charge is -2.06. The number of rotatable bonds is 2. The summed E-state index contributed by atoms with van der Waals surface area (Å²) >= 11 is 0. The van der Waals surface area contributed by atoms with Gasteiger partial charge in [0.15, 0.2) is 0 Å². The second-order valence-corrected chi connectivity index (χ2v) is 4.36. The van der Waals surface area contributed by atoms with Gasteiger partial charge in [0, 0.05) is 12.4 Å². The van der Waals surface area contributed by atoms with E-state index in [1.807, 2.05) is 48.0 Å². The number of benzene rings is 1. The molecule has 90 valence electrons. The number of aromatic nitrogens is 3. The predicted molar refractivity (Wildman–Crippen MR) is 72.2 cm³/mol. The van der Waals surface area contributed by atoms with Gasteiger partial charge in [-0.2, -0.15) is 0 Å². The summed E-state index contributed by atoms with van der Waals surface area (Å²) < 4.78 is 2.01. The van der Waals surface area contributed by atoms with Crippen molar-refractivity contribution in [3.63, 3.8) is 0 Å². The minimum absolute atomic E-state index is 0.545. The number of nitrogen functional groups attached to an aromatic ring is 1. The summed E-state index contributed by atoms with van der Waals surface area (Å²) in [6.07, 6.45) is 3.62. The molecule has 0 saturated heterocycles. The van der Waals surface area contributed by atoms with Crippen LogP contribution in [0.3, 0.4) is 0 Å². The summed E-state index contributed by atoms with van der Waals surface area (Å²) in [7, 11) is 0. The molecular weight excluding hydrogens is 224 g/mol. The topological polar surface area (TPSA) is 56.7 Å². The van der Waals surface area contributed by atoms with Gasteiger partial charge in [0.05, 0.1) is 17.6 Å². The van der Waals surface area contributed by atoms with Crippen LogP contribution in [-0.4, -0.2) is 14.5 Å². The monoisotopic (exact) mass is 238 g/mol. The van der Waals surface area contributed by atoms with Crippen LogP contribution >= 0.6 is 0 Å². The normalized spacial score (nSPS) is 10.9. The number of pyridine rings is 1. The lowest BCUT2D eigenvalue weighted by Crippen LogP contribution is -2.04. The molecule has 1 aromatic carbocycles. The molecule has 0 aliphatic carbocycles. The average molecular weight is 238 g/mol. The van der Waals surface area contributed by atoms with Gasteiger partial charge in [-0.25, -0.2) is 4.98 Å². The van der Waals surface area contributed by atoms with Gasteiger partial charge in [0.2, 0.25) is 5.95 Å². The van der Waals surface area contributed by atoms with Crippen molar-refractivity contribution < 1.29 is 0 Å². The molecule has 0 amide bonds. The van der Waals surface area contributed by atoms with E-state index in [1.165, 1.54) is 0 Å². The van der Waals surface area contributed by atoms with Gasteiger partial charge in [-0.15, -0.1) is 0 Å². The molecule has 0 fully saturated rings. The molecule has 4 nitrogen and oxygen atoms in total. The highest BCUT2D eigenvalue weighted by molar-refractivity contribution is 5.81. The molecular formula is C14H14N4. The predicted octanol–water partition coefficient (Wildman–Crippen LogP) is 2.37. The summed E-state index contributed by atoms with van der Waals surface area (Å²) in [4.78, 5) is 8.55. The van der Waals surface area contributed by atoms with Crippen molar-refractivity contribution in [2.24, 2.45) is 0 Å². The molecule has 0 radical (unpaired) electrons. The van der Waals surface area contributed by atoms with Gasteiger partial charge in [-0.3, -0.25) is 4.98 Å². The summed E-state index contributed by atoms with van der Waals surface area (Å²) in [5.74, 6) is 0.545. The molecule has 0 saturated carbocycles. The van der Waals surface area contributed by atoms with Crippen LogP contribution in [0, 0.1) is 6.92 Å². The average Bonchev–Trinajstić information content (AvgIpc) is 2.70. The Hall–Kier alpha value is -2.36. The van der Waals surface area contributed by atoms with E-state index in [0.717, 1.165) is 22.2 Å². The molecule has 18 heavy (non-hydrogen) atoms. The van der Waals surface area contributed by atoms with Crippen molar-refractivity contribution in [1.29, 1.82) is 0 Å². The zero-order valence-corrected chi connectivity index (χ0v) is 10.2. The number of aryl methyl sites for hydroxylation is 1. The SMILES string of the molecule is Cc1cccc2c1nc(N)n2Cc1cccnc1. The summed E-state index contributed by atoms with van der Waals surface area (Å²) in [6, 6.07) is 10.1. The second-order valence-electron chi connectivity index (χ2n) is 4.36. The van der Waals surface area contributed by atoms with E-state index < -0.39 is 0 Å². The number of nitrogens with zero attached hydrogens (tertiary/aromatic N) is 3. The summed E-state index contributed by atoms with van der Waals surface area (Å²) in [5.41, 5.74) is 10.3. The third-order valence-corrected chi connectivity index (χ3v) is 3.07. The largest absolute Gasteiger partial charge is 0.369 e. The highest BCUT2D eigenvalue weighted by Gasteiger charge is 2.09. The van der Waals surface area contributed by atoms with Gasteiger partial charge in [-0.1, -0.05) is 18.2 Å². The molecule has 2 N–H and O–H groups in total. The van der Waals surface area contributed by atoms with Crippen LogP contribution in [-0.2, 0) is 6.54 Å². The Labute approximate surface area is 105 Å². The number of hydrogen-bond acceptors (Lipinski definition) is 3. The van der Waals surface area contributed by atoms with Crippen LogP contribution < -0.4 is 5.73 Å². The Morgan fingerprint density at radius 1 is 1.22 bits per heavy atom. The van der Waals surface area contributed by atoms with Crippen molar-refractivity contribution in [1.82, 2.24) is 14.5 Å². The van der Waals surface area contributed by atoms with Gasteiger partial charge in [0.25, 0.3) is 0 Å². The molecule has 4 heteroatoms. The van der Waals surface area contributed by atoms with Crippen LogP contribution in [0.5, 0.6) is 0 Å². The Morgan fingerprint density at radius 3 is 2.89 bits per heavy atom. The number of nitrogens with two attached hydrogens (primary N) is 1. The quantitative estimate of drug-likeness (QED) is 0.745. The molecule has 0 spiro atoms. The highest BCUT2D eigenvalue weighted by atomic mass is 15.1. The van der Waals surface area contributed by atoms with E-state index in [1.54, 1.807) is 6.20 Å². The summed E-state index contributed by atoms with van der Waals surface area (Å²) in [5, 5.41) is 0. The van der Waals surface area contributed by atoms with Crippen molar-refractivity contribution in [3.05, 3.63) is 53.9 Å². The molecule has 2 aromatic heterocycles. The van der Waals surface area contributed by atoms with Crippen LogP contribution in [0.25, 0.3) is 11.0 Å². The molecule has 3 aromatic rings. The smallest absolute Gasteiger partial charge is 0.201 e.